The summed E-state index contributed by atoms with van der Waals surface area (Å²) in [4.78, 5) is 25.3. The molecule has 4 rings (SSSR count). The molecule has 0 atom stereocenters. The van der Waals surface area contributed by atoms with Crippen LogP contribution in [0.25, 0.3) is 5.69 Å². The van der Waals surface area contributed by atoms with Crippen LogP contribution >= 0.6 is 35.0 Å². The number of hydrogen-bond acceptors (Lipinski definition) is 5. The van der Waals surface area contributed by atoms with Crippen molar-refractivity contribution in [1.82, 2.24) is 20.1 Å². The van der Waals surface area contributed by atoms with Gasteiger partial charge in [-0.15, -0.1) is 10.2 Å². The Bertz CT molecular complexity index is 1530. The Balaban J connectivity index is 1.59. The molecule has 0 saturated heterocycles. The van der Waals surface area contributed by atoms with Crippen LogP contribution in [0.1, 0.15) is 27.3 Å². The Morgan fingerprint density at radius 2 is 1.77 bits per heavy atom. The van der Waals surface area contributed by atoms with Crippen LogP contribution in [-0.2, 0) is 17.5 Å². The molecule has 13 heteroatoms. The molecule has 39 heavy (non-hydrogen) atoms. The van der Waals surface area contributed by atoms with Gasteiger partial charge in [-0.2, -0.15) is 13.2 Å². The summed E-state index contributed by atoms with van der Waals surface area (Å²) in [6.07, 6.45) is -4.58. The minimum Gasteiger partial charge on any atom is -0.345 e. The van der Waals surface area contributed by atoms with Crippen molar-refractivity contribution in [3.8, 4) is 5.69 Å². The summed E-state index contributed by atoms with van der Waals surface area (Å²) in [6.45, 7) is 1.70. The largest absolute Gasteiger partial charge is 0.416 e. The highest BCUT2D eigenvalue weighted by atomic mass is 35.5. The van der Waals surface area contributed by atoms with Gasteiger partial charge in [-0.25, -0.2) is 0 Å². The summed E-state index contributed by atoms with van der Waals surface area (Å²) in [5.41, 5.74) is 0.944. The molecule has 0 bridgehead atoms. The van der Waals surface area contributed by atoms with Crippen LogP contribution in [0.3, 0.4) is 0 Å². The Labute approximate surface area is 235 Å². The second-order valence-corrected chi connectivity index (χ2v) is 10.1. The van der Waals surface area contributed by atoms with E-state index in [2.05, 4.69) is 20.8 Å². The lowest BCUT2D eigenvalue weighted by molar-refractivity contribution is -0.137. The average molecular weight is 594 g/mol. The van der Waals surface area contributed by atoms with Crippen molar-refractivity contribution in [3.63, 3.8) is 0 Å². The highest BCUT2D eigenvalue weighted by Crippen LogP contribution is 2.32. The first-order valence-electron chi connectivity index (χ1n) is 11.4. The van der Waals surface area contributed by atoms with Crippen molar-refractivity contribution in [2.24, 2.45) is 0 Å². The number of hydrogen-bond donors (Lipinski definition) is 2. The molecule has 2 amide bonds. The molecule has 0 saturated carbocycles. The Morgan fingerprint density at radius 1 is 1.00 bits per heavy atom. The maximum absolute atomic E-state index is 13.4. The number of nitrogens with zero attached hydrogens (tertiary/aromatic N) is 3. The van der Waals surface area contributed by atoms with Gasteiger partial charge in [0.25, 0.3) is 5.91 Å². The third-order valence-corrected chi connectivity index (χ3v) is 6.84. The van der Waals surface area contributed by atoms with E-state index in [1.165, 1.54) is 34.9 Å². The third-order valence-electron chi connectivity index (χ3n) is 5.35. The molecule has 7 nitrogen and oxygen atoms in total. The summed E-state index contributed by atoms with van der Waals surface area (Å²) in [5, 5.41) is 14.2. The van der Waals surface area contributed by atoms with Crippen LogP contribution in [-0.4, -0.2) is 32.3 Å². The molecule has 0 spiro atoms. The molecule has 3 aromatic carbocycles. The number of halogens is 5. The summed E-state index contributed by atoms with van der Waals surface area (Å²) in [6, 6.07) is 16.2. The van der Waals surface area contributed by atoms with E-state index in [1.54, 1.807) is 18.2 Å². The minimum absolute atomic E-state index is 0.0878. The summed E-state index contributed by atoms with van der Waals surface area (Å²) < 4.78 is 41.7. The SMILES string of the molecule is Cc1cccc(NC(=O)CSc2nnc(CNC(=O)c3cc(Cl)ccc3Cl)n2-c2cccc(C(F)(F)F)c2)c1. The predicted octanol–water partition coefficient (Wildman–Crippen LogP) is 6.56. The number of aromatic nitrogens is 3. The number of benzene rings is 3. The highest BCUT2D eigenvalue weighted by molar-refractivity contribution is 7.99. The summed E-state index contributed by atoms with van der Waals surface area (Å²) in [5.74, 6) is -0.847. The van der Waals surface area contributed by atoms with Gasteiger partial charge in [0.15, 0.2) is 11.0 Å². The first kappa shape index (κ1) is 28.5. The molecular formula is C26H20Cl2F3N5O2S. The van der Waals surface area contributed by atoms with Crippen molar-refractivity contribution in [3.05, 3.63) is 99.3 Å². The van der Waals surface area contributed by atoms with Crippen LogP contribution in [0.5, 0.6) is 0 Å². The van der Waals surface area contributed by atoms with Gasteiger partial charge in [0.2, 0.25) is 5.91 Å². The van der Waals surface area contributed by atoms with Gasteiger partial charge in [0.05, 0.1) is 34.1 Å². The fourth-order valence-electron chi connectivity index (χ4n) is 3.57. The second kappa shape index (κ2) is 12.1. The fraction of sp³-hybridized carbons (Fsp3) is 0.154. The molecule has 0 unspecified atom stereocenters. The molecule has 0 fully saturated rings. The van der Waals surface area contributed by atoms with E-state index in [4.69, 9.17) is 23.2 Å². The van der Waals surface area contributed by atoms with E-state index in [0.717, 1.165) is 29.5 Å². The van der Waals surface area contributed by atoms with Crippen molar-refractivity contribution >= 4 is 52.5 Å². The lowest BCUT2D eigenvalue weighted by atomic mass is 10.2. The topological polar surface area (TPSA) is 88.9 Å². The van der Waals surface area contributed by atoms with Crippen LogP contribution in [0.4, 0.5) is 18.9 Å². The number of anilines is 1. The van der Waals surface area contributed by atoms with Gasteiger partial charge in [0.1, 0.15) is 0 Å². The van der Waals surface area contributed by atoms with E-state index in [0.29, 0.717) is 10.7 Å². The number of alkyl halides is 3. The maximum atomic E-state index is 13.4. The molecule has 202 valence electrons. The number of carbonyl (C=O) groups excluding carboxylic acids is 2. The Kier molecular flexibility index (Phi) is 8.83. The van der Waals surface area contributed by atoms with Crippen LogP contribution < -0.4 is 10.6 Å². The van der Waals surface area contributed by atoms with Gasteiger partial charge in [-0.05, 0) is 61.0 Å². The predicted molar refractivity (Wildman–Crippen MR) is 145 cm³/mol. The van der Waals surface area contributed by atoms with Gasteiger partial charge >= 0.3 is 6.18 Å². The van der Waals surface area contributed by atoms with Crippen molar-refractivity contribution in [1.29, 1.82) is 0 Å². The van der Waals surface area contributed by atoms with E-state index in [-0.39, 0.29) is 45.5 Å². The standard InChI is InChI=1S/C26H20Cl2F3N5O2S/c1-15-4-2-6-18(10-15)33-23(37)14-39-25-35-34-22(13-32-24(38)20-12-17(27)8-9-21(20)28)36(25)19-7-3-5-16(11-19)26(29,30)31/h2-12H,13-14H2,1H3,(H,32,38)(H,33,37). The second-order valence-electron chi connectivity index (χ2n) is 8.30. The normalized spacial score (nSPS) is 11.3. The molecule has 1 aromatic heterocycles. The highest BCUT2D eigenvalue weighted by Gasteiger charge is 2.31. The first-order valence-corrected chi connectivity index (χ1v) is 13.1. The first-order chi connectivity index (χ1) is 18.5. The van der Waals surface area contributed by atoms with E-state index in [9.17, 15) is 22.8 Å². The van der Waals surface area contributed by atoms with E-state index >= 15 is 0 Å². The van der Waals surface area contributed by atoms with Gasteiger partial charge < -0.3 is 10.6 Å². The molecule has 2 N–H and O–H groups in total. The Morgan fingerprint density at radius 3 is 2.51 bits per heavy atom. The van der Waals surface area contributed by atoms with Gasteiger partial charge in [0, 0.05) is 10.7 Å². The zero-order valence-corrected chi connectivity index (χ0v) is 22.5. The summed E-state index contributed by atoms with van der Waals surface area (Å²) >= 11 is 13.1. The number of aryl methyl sites for hydroxylation is 1. The van der Waals surface area contributed by atoms with Crippen LogP contribution in [0, 0.1) is 6.92 Å². The van der Waals surface area contributed by atoms with Crippen LogP contribution in [0.2, 0.25) is 10.0 Å². The molecular weight excluding hydrogens is 574 g/mol. The van der Waals surface area contributed by atoms with Crippen LogP contribution in [0.15, 0.2) is 71.9 Å². The van der Waals surface area contributed by atoms with Crippen molar-refractivity contribution < 1.29 is 22.8 Å². The molecule has 0 aliphatic heterocycles. The molecule has 0 radical (unpaired) electrons. The van der Waals surface area contributed by atoms with E-state index in [1.807, 2.05) is 13.0 Å². The number of amides is 2. The van der Waals surface area contributed by atoms with Crippen molar-refractivity contribution in [2.45, 2.75) is 24.8 Å². The number of nitrogens with one attached hydrogen (secondary N) is 2. The number of carbonyl (C=O) groups is 2. The fourth-order valence-corrected chi connectivity index (χ4v) is 4.71. The van der Waals surface area contributed by atoms with Gasteiger partial charge in [-0.1, -0.05) is 53.2 Å². The van der Waals surface area contributed by atoms with E-state index < -0.39 is 17.6 Å². The number of thioether (sulfide) groups is 1. The average Bonchev–Trinajstić information content (AvgIpc) is 3.30. The molecule has 1 heterocycles. The van der Waals surface area contributed by atoms with Gasteiger partial charge in [-0.3, -0.25) is 14.2 Å². The molecule has 0 aliphatic rings. The minimum atomic E-state index is -4.58. The summed E-state index contributed by atoms with van der Waals surface area (Å²) in [7, 11) is 0. The molecule has 4 aromatic rings. The van der Waals surface area contributed by atoms with Crippen molar-refractivity contribution in [2.75, 3.05) is 11.1 Å². The zero-order valence-electron chi connectivity index (χ0n) is 20.2. The zero-order chi connectivity index (χ0) is 28.2. The lowest BCUT2D eigenvalue weighted by Gasteiger charge is -2.14. The lowest BCUT2D eigenvalue weighted by Crippen LogP contribution is -2.25. The smallest absolute Gasteiger partial charge is 0.345 e. The maximum Gasteiger partial charge on any atom is 0.416 e. The quantitative estimate of drug-likeness (QED) is 0.226. The number of rotatable bonds is 8. The third kappa shape index (κ3) is 7.31. The Hall–Kier alpha value is -3.54. The monoisotopic (exact) mass is 593 g/mol. The molecule has 0 aliphatic carbocycles.